The lowest BCUT2D eigenvalue weighted by molar-refractivity contribution is -0.139. The van der Waals surface area contributed by atoms with E-state index >= 15 is 0 Å². The van der Waals surface area contributed by atoms with Crippen molar-refractivity contribution in [3.63, 3.8) is 0 Å². The molecule has 168 valence electrons. The number of ether oxygens (including phenoxy) is 1. The van der Waals surface area contributed by atoms with E-state index in [1.54, 1.807) is 24.0 Å². The second-order valence-electron chi connectivity index (χ2n) is 7.63. The van der Waals surface area contributed by atoms with Gasteiger partial charge in [-0.05, 0) is 68.7 Å². The number of para-hydroxylation sites is 1. The third-order valence-electron chi connectivity index (χ3n) is 5.47. The minimum Gasteiger partial charge on any atom is -0.463 e. The summed E-state index contributed by atoms with van der Waals surface area (Å²) in [5, 5.41) is 9.48. The van der Waals surface area contributed by atoms with Crippen LogP contribution in [0.25, 0.3) is 0 Å². The summed E-state index contributed by atoms with van der Waals surface area (Å²) in [6.07, 6.45) is 0. The van der Waals surface area contributed by atoms with Crippen molar-refractivity contribution in [3.8, 4) is 0 Å². The molecule has 1 atom stereocenters. The molecule has 1 unspecified atom stereocenters. The number of rotatable bonds is 5. The first kappa shape index (κ1) is 23.3. The highest BCUT2D eigenvalue weighted by Crippen LogP contribution is 2.31. The van der Waals surface area contributed by atoms with E-state index in [9.17, 15) is 9.59 Å². The summed E-state index contributed by atoms with van der Waals surface area (Å²) >= 11 is 5.42. The van der Waals surface area contributed by atoms with Gasteiger partial charge in [-0.1, -0.05) is 30.3 Å². The highest BCUT2D eigenvalue weighted by molar-refractivity contribution is 7.80. The number of carbonyl (C=O) groups excluding carboxylic acids is 2. The Kier molecular flexibility index (Phi) is 7.15. The maximum atomic E-state index is 12.6. The predicted molar refractivity (Wildman–Crippen MR) is 131 cm³/mol. The Morgan fingerprint density at radius 1 is 1.06 bits per heavy atom. The minimum absolute atomic E-state index is 0.287. The van der Waals surface area contributed by atoms with Crippen LogP contribution < -0.4 is 16.0 Å². The van der Waals surface area contributed by atoms with Crippen molar-refractivity contribution < 1.29 is 14.3 Å². The van der Waals surface area contributed by atoms with Gasteiger partial charge >= 0.3 is 12.0 Å². The Bertz CT molecular complexity index is 1060. The molecule has 0 bridgehead atoms. The van der Waals surface area contributed by atoms with Crippen LogP contribution in [-0.2, 0) is 9.53 Å². The number of allylic oxidation sites excluding steroid dienone is 1. The first-order valence-electron chi connectivity index (χ1n) is 10.4. The van der Waals surface area contributed by atoms with Gasteiger partial charge in [0.05, 0.1) is 18.2 Å². The van der Waals surface area contributed by atoms with Gasteiger partial charge in [-0.15, -0.1) is 0 Å². The summed E-state index contributed by atoms with van der Waals surface area (Å²) in [6, 6.07) is 12.4. The molecule has 2 aromatic carbocycles. The van der Waals surface area contributed by atoms with E-state index < -0.39 is 6.04 Å². The van der Waals surface area contributed by atoms with E-state index in [1.165, 1.54) is 0 Å². The summed E-state index contributed by atoms with van der Waals surface area (Å²) in [4.78, 5) is 26.9. The Hall–Kier alpha value is -3.39. The van der Waals surface area contributed by atoms with Crippen molar-refractivity contribution in [3.05, 3.63) is 70.4 Å². The van der Waals surface area contributed by atoms with Gasteiger partial charge in [-0.2, -0.15) is 0 Å². The van der Waals surface area contributed by atoms with Crippen LogP contribution in [-0.4, -0.2) is 35.7 Å². The van der Waals surface area contributed by atoms with Crippen LogP contribution in [0.5, 0.6) is 0 Å². The van der Waals surface area contributed by atoms with E-state index in [0.717, 1.165) is 28.1 Å². The Morgan fingerprint density at radius 2 is 1.69 bits per heavy atom. The SMILES string of the molecule is CCOC(=O)C1=C(C)N(C)C(=S)NC1c1ccc(NC(=O)Nc2c(C)cccc2C)cc1. The number of carbonyl (C=O) groups is 2. The molecule has 0 saturated heterocycles. The fourth-order valence-corrected chi connectivity index (χ4v) is 3.86. The molecule has 7 nitrogen and oxygen atoms in total. The first-order chi connectivity index (χ1) is 15.2. The van der Waals surface area contributed by atoms with Crippen LogP contribution in [0.1, 0.15) is 36.6 Å². The average Bonchev–Trinajstić information content (AvgIpc) is 2.75. The fourth-order valence-electron chi connectivity index (χ4n) is 3.61. The molecule has 0 radical (unpaired) electrons. The molecule has 2 aromatic rings. The number of hydrogen-bond acceptors (Lipinski definition) is 4. The Balaban J connectivity index is 1.79. The largest absolute Gasteiger partial charge is 0.463 e. The van der Waals surface area contributed by atoms with Gasteiger partial charge in [-0.25, -0.2) is 9.59 Å². The van der Waals surface area contributed by atoms with Gasteiger partial charge in [0.25, 0.3) is 0 Å². The second-order valence-corrected chi connectivity index (χ2v) is 8.02. The lowest BCUT2D eigenvalue weighted by Gasteiger charge is -2.35. The predicted octanol–water partition coefficient (Wildman–Crippen LogP) is 4.65. The van der Waals surface area contributed by atoms with Gasteiger partial charge in [-0.3, -0.25) is 0 Å². The molecule has 0 spiro atoms. The number of esters is 1. The van der Waals surface area contributed by atoms with E-state index in [1.807, 2.05) is 58.2 Å². The normalized spacial score (nSPS) is 15.8. The van der Waals surface area contributed by atoms with Gasteiger partial charge in [0, 0.05) is 24.1 Å². The zero-order chi connectivity index (χ0) is 23.4. The summed E-state index contributed by atoms with van der Waals surface area (Å²) < 4.78 is 5.27. The van der Waals surface area contributed by atoms with Crippen molar-refractivity contribution in [1.82, 2.24) is 10.2 Å². The van der Waals surface area contributed by atoms with Crippen molar-refractivity contribution in [2.45, 2.75) is 33.7 Å². The molecule has 0 saturated carbocycles. The van der Waals surface area contributed by atoms with Gasteiger partial charge < -0.3 is 25.6 Å². The van der Waals surface area contributed by atoms with Crippen LogP contribution in [0.4, 0.5) is 16.2 Å². The standard InChI is InChI=1S/C24H28N4O3S/c1-6-31-22(29)19-16(4)28(5)24(32)27-21(19)17-10-12-18(13-11-17)25-23(30)26-20-14(2)8-7-9-15(20)3/h7-13,21H,6H2,1-5H3,(H,27,32)(H2,25,26,30). The highest BCUT2D eigenvalue weighted by Gasteiger charge is 2.33. The number of nitrogens with zero attached hydrogens (tertiary/aromatic N) is 1. The zero-order valence-corrected chi connectivity index (χ0v) is 19.7. The number of anilines is 2. The number of amides is 2. The van der Waals surface area contributed by atoms with Crippen molar-refractivity contribution in [1.29, 1.82) is 0 Å². The lowest BCUT2D eigenvalue weighted by Crippen LogP contribution is -2.46. The third-order valence-corrected chi connectivity index (χ3v) is 5.86. The molecule has 3 N–H and O–H groups in total. The van der Waals surface area contributed by atoms with E-state index in [0.29, 0.717) is 16.4 Å². The van der Waals surface area contributed by atoms with E-state index in [2.05, 4.69) is 16.0 Å². The number of urea groups is 1. The quantitative estimate of drug-likeness (QED) is 0.453. The molecule has 1 aliphatic rings. The molecular weight excluding hydrogens is 424 g/mol. The summed E-state index contributed by atoms with van der Waals surface area (Å²) in [5.74, 6) is -0.382. The van der Waals surface area contributed by atoms with Crippen molar-refractivity contribution in [2.75, 3.05) is 24.3 Å². The maximum Gasteiger partial charge on any atom is 0.338 e. The molecule has 0 fully saturated rings. The summed E-state index contributed by atoms with van der Waals surface area (Å²) in [6.45, 7) is 7.81. The van der Waals surface area contributed by atoms with Crippen LogP contribution in [0.2, 0.25) is 0 Å². The molecule has 1 heterocycles. The van der Waals surface area contributed by atoms with Crippen LogP contribution >= 0.6 is 12.2 Å². The molecule has 1 aliphatic heterocycles. The molecule has 0 aromatic heterocycles. The van der Waals surface area contributed by atoms with Gasteiger partial charge in [0.15, 0.2) is 5.11 Å². The van der Waals surface area contributed by atoms with E-state index in [-0.39, 0.29) is 18.6 Å². The smallest absolute Gasteiger partial charge is 0.338 e. The molecule has 3 rings (SSSR count). The van der Waals surface area contributed by atoms with Crippen LogP contribution in [0, 0.1) is 13.8 Å². The fraction of sp³-hybridized carbons (Fsp3) is 0.292. The molecule has 2 amide bonds. The summed E-state index contributed by atoms with van der Waals surface area (Å²) in [7, 11) is 1.81. The van der Waals surface area contributed by atoms with Gasteiger partial charge in [0.1, 0.15) is 0 Å². The lowest BCUT2D eigenvalue weighted by atomic mass is 9.95. The van der Waals surface area contributed by atoms with Crippen molar-refractivity contribution >= 4 is 40.7 Å². The first-order valence-corrected chi connectivity index (χ1v) is 10.8. The number of nitrogens with one attached hydrogen (secondary N) is 3. The number of hydrogen-bond donors (Lipinski definition) is 3. The van der Waals surface area contributed by atoms with Gasteiger partial charge in [0.2, 0.25) is 0 Å². The average molecular weight is 453 g/mol. The minimum atomic E-state index is -0.435. The Labute approximate surface area is 193 Å². The second kappa shape index (κ2) is 9.82. The summed E-state index contributed by atoms with van der Waals surface area (Å²) in [5.41, 5.74) is 5.51. The topological polar surface area (TPSA) is 82.7 Å². The third kappa shape index (κ3) is 4.91. The van der Waals surface area contributed by atoms with Crippen molar-refractivity contribution in [2.24, 2.45) is 0 Å². The number of thiocarbonyl (C=S) groups is 1. The highest BCUT2D eigenvalue weighted by atomic mass is 32.1. The number of benzene rings is 2. The molecular formula is C24H28N4O3S. The van der Waals surface area contributed by atoms with E-state index in [4.69, 9.17) is 17.0 Å². The van der Waals surface area contributed by atoms with Crippen LogP contribution in [0.3, 0.4) is 0 Å². The molecule has 32 heavy (non-hydrogen) atoms. The Morgan fingerprint density at radius 3 is 2.28 bits per heavy atom. The zero-order valence-electron chi connectivity index (χ0n) is 18.9. The number of aryl methyl sites for hydroxylation is 2. The maximum absolute atomic E-state index is 12.6. The van der Waals surface area contributed by atoms with Crippen LogP contribution in [0.15, 0.2) is 53.7 Å². The molecule has 0 aliphatic carbocycles. The molecule has 8 heteroatoms. The monoisotopic (exact) mass is 452 g/mol.